The Morgan fingerprint density at radius 1 is 1.18 bits per heavy atom. The lowest BCUT2D eigenvalue weighted by Gasteiger charge is -2.24. The number of benzene rings is 2. The van der Waals surface area contributed by atoms with Crippen molar-refractivity contribution in [2.45, 2.75) is 10.9 Å². The van der Waals surface area contributed by atoms with E-state index in [0.29, 0.717) is 13.2 Å². The smallest absolute Gasteiger partial charge is 0.290 e. The molecule has 2 aromatic carbocycles. The SMILES string of the molecule is COCCN1C(=O)c2oc3ccc(F)cc3c(=O)c2[C@H]1c1ccc(SC)cc1. The van der Waals surface area contributed by atoms with Gasteiger partial charge in [-0.15, -0.1) is 11.8 Å². The largest absolute Gasteiger partial charge is 0.450 e. The summed E-state index contributed by atoms with van der Waals surface area (Å²) in [7, 11) is 1.55. The highest BCUT2D eigenvalue weighted by molar-refractivity contribution is 7.98. The van der Waals surface area contributed by atoms with Gasteiger partial charge in [-0.1, -0.05) is 12.1 Å². The van der Waals surface area contributed by atoms with Crippen LogP contribution in [0.3, 0.4) is 0 Å². The summed E-state index contributed by atoms with van der Waals surface area (Å²) >= 11 is 1.61. The Balaban J connectivity index is 1.94. The van der Waals surface area contributed by atoms with Gasteiger partial charge in [0.15, 0.2) is 5.43 Å². The van der Waals surface area contributed by atoms with Crippen molar-refractivity contribution in [1.82, 2.24) is 4.90 Å². The predicted molar refractivity (Wildman–Crippen MR) is 105 cm³/mol. The number of ether oxygens (including phenoxy) is 1. The number of methoxy groups -OCH3 is 1. The van der Waals surface area contributed by atoms with Crippen molar-refractivity contribution >= 4 is 28.6 Å². The lowest BCUT2D eigenvalue weighted by Crippen LogP contribution is -2.32. The summed E-state index contributed by atoms with van der Waals surface area (Å²) in [6.45, 7) is 0.625. The minimum Gasteiger partial charge on any atom is -0.450 e. The fraction of sp³-hybridized carbons (Fsp3) is 0.238. The van der Waals surface area contributed by atoms with Crippen molar-refractivity contribution < 1.29 is 18.3 Å². The third-order valence-corrected chi connectivity index (χ3v) is 5.64. The number of carbonyl (C=O) groups excluding carboxylic acids is 1. The zero-order valence-electron chi connectivity index (χ0n) is 15.4. The van der Waals surface area contributed by atoms with E-state index < -0.39 is 11.9 Å². The van der Waals surface area contributed by atoms with Crippen LogP contribution in [0.25, 0.3) is 11.0 Å². The number of nitrogens with zero attached hydrogens (tertiary/aromatic N) is 1. The second-order valence-corrected chi connectivity index (χ2v) is 7.36. The fourth-order valence-electron chi connectivity index (χ4n) is 3.55. The molecule has 4 rings (SSSR count). The van der Waals surface area contributed by atoms with Crippen LogP contribution in [0.5, 0.6) is 0 Å². The van der Waals surface area contributed by atoms with Gasteiger partial charge >= 0.3 is 0 Å². The number of carbonyl (C=O) groups is 1. The molecule has 0 saturated heterocycles. The normalized spacial score (nSPS) is 16.0. The first-order valence-corrected chi connectivity index (χ1v) is 9.97. The molecule has 1 amide bonds. The summed E-state index contributed by atoms with van der Waals surface area (Å²) < 4.78 is 24.6. The Hall–Kier alpha value is -2.64. The van der Waals surface area contributed by atoms with E-state index in [4.69, 9.17) is 9.15 Å². The van der Waals surface area contributed by atoms with Crippen LogP contribution in [0, 0.1) is 5.82 Å². The van der Waals surface area contributed by atoms with Gasteiger partial charge in [0, 0.05) is 18.6 Å². The Morgan fingerprint density at radius 2 is 1.93 bits per heavy atom. The molecule has 0 spiro atoms. The Labute approximate surface area is 165 Å². The molecule has 1 aromatic heterocycles. The van der Waals surface area contributed by atoms with Gasteiger partial charge in [0.25, 0.3) is 5.91 Å². The molecule has 0 unspecified atom stereocenters. The van der Waals surface area contributed by atoms with E-state index in [0.717, 1.165) is 16.5 Å². The monoisotopic (exact) mass is 399 g/mol. The van der Waals surface area contributed by atoms with E-state index in [-0.39, 0.29) is 33.6 Å². The minimum absolute atomic E-state index is 0.0131. The van der Waals surface area contributed by atoms with Crippen LogP contribution in [0.4, 0.5) is 4.39 Å². The van der Waals surface area contributed by atoms with Crippen LogP contribution in [0.2, 0.25) is 0 Å². The maximum Gasteiger partial charge on any atom is 0.290 e. The number of fused-ring (bicyclic) bond motifs is 2. The van der Waals surface area contributed by atoms with Crippen molar-refractivity contribution in [3.63, 3.8) is 0 Å². The Morgan fingerprint density at radius 3 is 2.61 bits per heavy atom. The van der Waals surface area contributed by atoms with E-state index in [1.807, 2.05) is 30.5 Å². The summed E-state index contributed by atoms with van der Waals surface area (Å²) in [4.78, 5) is 28.9. The van der Waals surface area contributed by atoms with Gasteiger partial charge in [0.2, 0.25) is 5.76 Å². The first kappa shape index (κ1) is 18.7. The van der Waals surface area contributed by atoms with Gasteiger partial charge < -0.3 is 14.1 Å². The fourth-order valence-corrected chi connectivity index (χ4v) is 3.95. The molecule has 0 N–H and O–H groups in total. The molecule has 144 valence electrons. The van der Waals surface area contributed by atoms with Crippen molar-refractivity contribution in [1.29, 1.82) is 0 Å². The highest BCUT2D eigenvalue weighted by Gasteiger charge is 2.42. The molecule has 3 aromatic rings. The van der Waals surface area contributed by atoms with Gasteiger partial charge in [-0.3, -0.25) is 9.59 Å². The topological polar surface area (TPSA) is 59.8 Å². The molecular weight excluding hydrogens is 381 g/mol. The van der Waals surface area contributed by atoms with Crippen LogP contribution in [0.1, 0.15) is 27.7 Å². The molecule has 0 saturated carbocycles. The van der Waals surface area contributed by atoms with E-state index in [9.17, 15) is 14.0 Å². The maximum atomic E-state index is 13.7. The summed E-state index contributed by atoms with van der Waals surface area (Å²) in [6.07, 6.45) is 1.98. The first-order valence-electron chi connectivity index (χ1n) is 8.75. The third kappa shape index (κ3) is 3.00. The van der Waals surface area contributed by atoms with Crippen molar-refractivity contribution in [2.75, 3.05) is 26.5 Å². The van der Waals surface area contributed by atoms with Gasteiger partial charge in [-0.2, -0.15) is 0 Å². The molecular formula is C21H18FNO4S. The van der Waals surface area contributed by atoms with Crippen molar-refractivity contribution in [2.24, 2.45) is 0 Å². The van der Waals surface area contributed by atoms with Crippen molar-refractivity contribution in [3.05, 3.63) is 75.4 Å². The van der Waals surface area contributed by atoms with Gasteiger partial charge in [-0.05, 0) is 42.2 Å². The first-order chi connectivity index (χ1) is 13.5. The molecule has 1 atom stereocenters. The second-order valence-electron chi connectivity index (χ2n) is 6.48. The van der Waals surface area contributed by atoms with Gasteiger partial charge in [-0.25, -0.2) is 4.39 Å². The number of halogens is 1. The Bertz CT molecular complexity index is 1110. The highest BCUT2D eigenvalue weighted by atomic mass is 32.2. The van der Waals surface area contributed by atoms with E-state index >= 15 is 0 Å². The molecule has 5 nitrogen and oxygen atoms in total. The highest BCUT2D eigenvalue weighted by Crippen LogP contribution is 2.38. The molecule has 0 aliphatic carbocycles. The molecule has 1 aliphatic rings. The average Bonchev–Trinajstić information content (AvgIpc) is 2.99. The van der Waals surface area contributed by atoms with Crippen molar-refractivity contribution in [3.8, 4) is 0 Å². The molecule has 1 aliphatic heterocycles. The standard InChI is InChI=1S/C21H18FNO4S/c1-26-10-9-23-18(12-3-6-14(28-2)7-4-12)17-19(24)15-11-13(22)5-8-16(15)27-20(17)21(23)25/h3-8,11,18H,9-10H2,1-2H3/t18-/m1/s1. The summed E-state index contributed by atoms with van der Waals surface area (Å²) in [5, 5.41) is 0.130. The van der Waals surface area contributed by atoms with E-state index in [1.54, 1.807) is 23.8 Å². The summed E-state index contributed by atoms with van der Waals surface area (Å²) in [5.41, 5.74) is 0.853. The van der Waals surface area contributed by atoms with Crippen LogP contribution < -0.4 is 5.43 Å². The molecule has 0 fully saturated rings. The number of thioether (sulfide) groups is 1. The number of amides is 1. The van der Waals surface area contributed by atoms with Crippen LogP contribution in [-0.4, -0.2) is 37.3 Å². The quantitative estimate of drug-likeness (QED) is 0.610. The maximum absolute atomic E-state index is 13.7. The van der Waals surface area contributed by atoms with Crippen LogP contribution in [-0.2, 0) is 4.74 Å². The molecule has 28 heavy (non-hydrogen) atoms. The summed E-state index contributed by atoms with van der Waals surface area (Å²) in [6, 6.07) is 10.8. The van der Waals surface area contributed by atoms with E-state index in [1.165, 1.54) is 12.1 Å². The molecule has 0 bridgehead atoms. The number of hydrogen-bond acceptors (Lipinski definition) is 5. The van der Waals surface area contributed by atoms with E-state index in [2.05, 4.69) is 0 Å². The number of hydrogen-bond donors (Lipinski definition) is 0. The minimum atomic E-state index is -0.600. The van der Waals surface area contributed by atoms with Crippen LogP contribution >= 0.6 is 11.8 Å². The summed E-state index contributed by atoms with van der Waals surface area (Å²) in [5.74, 6) is -0.880. The molecule has 7 heteroatoms. The van der Waals surface area contributed by atoms with Gasteiger partial charge in [0.05, 0.1) is 23.6 Å². The predicted octanol–water partition coefficient (Wildman–Crippen LogP) is 3.85. The van der Waals surface area contributed by atoms with Crippen LogP contribution in [0.15, 0.2) is 56.6 Å². The average molecular weight is 399 g/mol. The number of rotatable bonds is 5. The zero-order valence-corrected chi connectivity index (χ0v) is 16.2. The second kappa shape index (κ2) is 7.41. The zero-order chi connectivity index (χ0) is 19.8. The lowest BCUT2D eigenvalue weighted by atomic mass is 9.98. The lowest BCUT2D eigenvalue weighted by molar-refractivity contribution is 0.0663. The Kier molecular flexibility index (Phi) is 4.95. The third-order valence-electron chi connectivity index (χ3n) is 4.90. The molecule has 2 heterocycles. The molecule has 0 radical (unpaired) electrons. The van der Waals surface area contributed by atoms with Gasteiger partial charge in [0.1, 0.15) is 11.4 Å².